The molecule has 1 N–H and O–H groups in total. The number of aromatic nitrogens is 2. The molecular formula is C18H25N3O2. The highest BCUT2D eigenvalue weighted by molar-refractivity contribution is 5.61. The summed E-state index contributed by atoms with van der Waals surface area (Å²) in [4.78, 5) is 4.60. The monoisotopic (exact) mass is 315 g/mol. The van der Waals surface area contributed by atoms with E-state index in [1.165, 1.54) is 12.8 Å². The summed E-state index contributed by atoms with van der Waals surface area (Å²) in [6, 6.07) is 4.32. The zero-order valence-corrected chi connectivity index (χ0v) is 14.3. The standard InChI is InChI=1S/C18H25N3O2/c1-11(2)22-16-12(3)9-14(10-13(16)4)17-20-18(23-21-17)15-7-5-6-8-19-15/h9-11,15,19H,5-8H2,1-4H3/t15-/m1/s1. The van der Waals surface area contributed by atoms with Crippen LogP contribution in [0.3, 0.4) is 0 Å². The molecule has 2 heterocycles. The summed E-state index contributed by atoms with van der Waals surface area (Å²) in [7, 11) is 0. The molecule has 1 aromatic carbocycles. The first-order valence-electron chi connectivity index (χ1n) is 8.40. The lowest BCUT2D eigenvalue weighted by molar-refractivity contribution is 0.239. The van der Waals surface area contributed by atoms with Crippen molar-refractivity contribution in [3.05, 3.63) is 29.2 Å². The van der Waals surface area contributed by atoms with Gasteiger partial charge in [-0.15, -0.1) is 0 Å². The third-order valence-corrected chi connectivity index (χ3v) is 4.12. The predicted octanol–water partition coefficient (Wildman–Crippen LogP) is 3.96. The second-order valence-corrected chi connectivity index (χ2v) is 6.56. The van der Waals surface area contributed by atoms with Gasteiger partial charge in [-0.3, -0.25) is 0 Å². The second-order valence-electron chi connectivity index (χ2n) is 6.56. The molecule has 1 saturated heterocycles. The van der Waals surface area contributed by atoms with Gasteiger partial charge in [-0.2, -0.15) is 4.98 Å². The molecule has 0 aliphatic carbocycles. The van der Waals surface area contributed by atoms with E-state index in [1.807, 2.05) is 13.8 Å². The third kappa shape index (κ3) is 3.55. The predicted molar refractivity (Wildman–Crippen MR) is 89.6 cm³/mol. The Labute approximate surface area is 137 Å². The van der Waals surface area contributed by atoms with Gasteiger partial charge in [0.2, 0.25) is 11.7 Å². The topological polar surface area (TPSA) is 60.2 Å². The highest BCUT2D eigenvalue weighted by atomic mass is 16.5. The van der Waals surface area contributed by atoms with Crippen molar-refractivity contribution in [1.29, 1.82) is 0 Å². The van der Waals surface area contributed by atoms with Gasteiger partial charge < -0.3 is 14.6 Å². The third-order valence-electron chi connectivity index (χ3n) is 4.12. The van der Waals surface area contributed by atoms with E-state index < -0.39 is 0 Å². The van der Waals surface area contributed by atoms with E-state index in [1.54, 1.807) is 0 Å². The van der Waals surface area contributed by atoms with E-state index in [2.05, 4.69) is 41.4 Å². The molecule has 0 bridgehead atoms. The van der Waals surface area contributed by atoms with Gasteiger partial charge >= 0.3 is 0 Å². The van der Waals surface area contributed by atoms with Crippen LogP contribution in [0.4, 0.5) is 0 Å². The van der Waals surface area contributed by atoms with Crippen molar-refractivity contribution in [2.24, 2.45) is 0 Å². The Morgan fingerprint density at radius 1 is 1.22 bits per heavy atom. The molecule has 0 amide bonds. The van der Waals surface area contributed by atoms with E-state index >= 15 is 0 Å². The quantitative estimate of drug-likeness (QED) is 0.925. The molecule has 1 aliphatic rings. The van der Waals surface area contributed by atoms with Gasteiger partial charge in [0.25, 0.3) is 0 Å². The lowest BCUT2D eigenvalue weighted by Gasteiger charge is -2.19. The Bertz CT molecular complexity index is 650. The Morgan fingerprint density at radius 3 is 2.57 bits per heavy atom. The average Bonchev–Trinajstić information content (AvgIpc) is 3.01. The maximum atomic E-state index is 5.89. The minimum atomic E-state index is 0.160. The maximum absolute atomic E-state index is 5.89. The number of nitrogens with one attached hydrogen (secondary N) is 1. The smallest absolute Gasteiger partial charge is 0.244 e. The minimum absolute atomic E-state index is 0.160. The molecule has 1 aliphatic heterocycles. The molecule has 3 rings (SSSR count). The first-order chi connectivity index (χ1) is 11.0. The fourth-order valence-electron chi connectivity index (χ4n) is 3.06. The zero-order valence-electron chi connectivity index (χ0n) is 14.3. The van der Waals surface area contributed by atoms with Crippen molar-refractivity contribution in [2.75, 3.05) is 6.54 Å². The largest absolute Gasteiger partial charge is 0.490 e. The number of hydrogen-bond acceptors (Lipinski definition) is 5. The van der Waals surface area contributed by atoms with Crippen LogP contribution in [0.15, 0.2) is 16.7 Å². The number of piperidine rings is 1. The normalized spacial score (nSPS) is 18.4. The number of ether oxygens (including phenoxy) is 1. The van der Waals surface area contributed by atoms with Crippen LogP contribution >= 0.6 is 0 Å². The summed E-state index contributed by atoms with van der Waals surface area (Å²) in [5, 5.41) is 7.60. The Kier molecular flexibility index (Phi) is 4.66. The SMILES string of the molecule is Cc1cc(-c2noc([C@H]3CCCCN3)n2)cc(C)c1OC(C)C. The lowest BCUT2D eigenvalue weighted by Crippen LogP contribution is -2.26. The van der Waals surface area contributed by atoms with Crippen molar-refractivity contribution in [2.45, 2.75) is 59.1 Å². The van der Waals surface area contributed by atoms with Gasteiger partial charge in [-0.05, 0) is 70.3 Å². The summed E-state index contributed by atoms with van der Waals surface area (Å²) in [5.41, 5.74) is 3.16. The summed E-state index contributed by atoms with van der Waals surface area (Å²) in [5.74, 6) is 2.29. The van der Waals surface area contributed by atoms with Crippen molar-refractivity contribution in [1.82, 2.24) is 15.5 Å². The molecule has 1 atom stereocenters. The first-order valence-corrected chi connectivity index (χ1v) is 8.40. The molecule has 0 saturated carbocycles. The fraction of sp³-hybridized carbons (Fsp3) is 0.556. The molecule has 124 valence electrons. The van der Waals surface area contributed by atoms with Gasteiger partial charge in [0.05, 0.1) is 12.1 Å². The molecule has 1 fully saturated rings. The van der Waals surface area contributed by atoms with Crippen LogP contribution in [0.1, 0.15) is 56.2 Å². The van der Waals surface area contributed by atoms with Gasteiger partial charge in [-0.1, -0.05) is 11.6 Å². The Hall–Kier alpha value is -1.88. The van der Waals surface area contributed by atoms with Crippen LogP contribution in [0, 0.1) is 13.8 Å². The number of rotatable bonds is 4. The minimum Gasteiger partial charge on any atom is -0.490 e. The van der Waals surface area contributed by atoms with Crippen molar-refractivity contribution >= 4 is 0 Å². The zero-order chi connectivity index (χ0) is 16.4. The van der Waals surface area contributed by atoms with Gasteiger partial charge in [0.1, 0.15) is 5.75 Å². The van der Waals surface area contributed by atoms with Gasteiger partial charge in [0, 0.05) is 5.56 Å². The number of hydrogen-bond donors (Lipinski definition) is 1. The maximum Gasteiger partial charge on any atom is 0.244 e. The summed E-state index contributed by atoms with van der Waals surface area (Å²) < 4.78 is 11.4. The fourth-order valence-corrected chi connectivity index (χ4v) is 3.06. The van der Waals surface area contributed by atoms with Crippen LogP contribution in [-0.2, 0) is 0 Å². The molecule has 1 aromatic heterocycles. The number of benzene rings is 1. The molecule has 0 unspecified atom stereocenters. The summed E-state index contributed by atoms with van der Waals surface area (Å²) in [6.07, 6.45) is 3.63. The molecule has 5 heteroatoms. The summed E-state index contributed by atoms with van der Waals surface area (Å²) >= 11 is 0. The molecular weight excluding hydrogens is 290 g/mol. The Morgan fingerprint density at radius 2 is 1.96 bits per heavy atom. The van der Waals surface area contributed by atoms with E-state index in [-0.39, 0.29) is 12.1 Å². The molecule has 23 heavy (non-hydrogen) atoms. The van der Waals surface area contributed by atoms with Crippen LogP contribution in [0.2, 0.25) is 0 Å². The summed E-state index contributed by atoms with van der Waals surface area (Å²) in [6.45, 7) is 9.20. The average molecular weight is 315 g/mol. The van der Waals surface area contributed by atoms with Crippen molar-refractivity contribution in [3.8, 4) is 17.1 Å². The van der Waals surface area contributed by atoms with Crippen LogP contribution in [0.25, 0.3) is 11.4 Å². The molecule has 5 nitrogen and oxygen atoms in total. The van der Waals surface area contributed by atoms with Gasteiger partial charge in [0.15, 0.2) is 0 Å². The van der Waals surface area contributed by atoms with Crippen LogP contribution < -0.4 is 10.1 Å². The second kappa shape index (κ2) is 6.71. The first kappa shape index (κ1) is 16.0. The van der Waals surface area contributed by atoms with Crippen LogP contribution in [0.5, 0.6) is 5.75 Å². The van der Waals surface area contributed by atoms with E-state index in [0.29, 0.717) is 11.7 Å². The molecule has 2 aromatic rings. The van der Waals surface area contributed by atoms with E-state index in [4.69, 9.17) is 9.26 Å². The van der Waals surface area contributed by atoms with Crippen molar-refractivity contribution < 1.29 is 9.26 Å². The molecule has 0 radical (unpaired) electrons. The van der Waals surface area contributed by atoms with Gasteiger partial charge in [-0.25, -0.2) is 0 Å². The lowest BCUT2D eigenvalue weighted by atomic mass is 10.0. The molecule has 0 spiro atoms. The number of nitrogens with zero attached hydrogens (tertiary/aromatic N) is 2. The highest BCUT2D eigenvalue weighted by Gasteiger charge is 2.22. The number of aryl methyl sites for hydroxylation is 2. The Balaban J connectivity index is 1.86. The van der Waals surface area contributed by atoms with Crippen molar-refractivity contribution in [3.63, 3.8) is 0 Å². The van der Waals surface area contributed by atoms with Crippen LogP contribution in [-0.4, -0.2) is 22.8 Å². The highest BCUT2D eigenvalue weighted by Crippen LogP contribution is 2.30. The van der Waals surface area contributed by atoms with E-state index in [0.717, 1.165) is 35.4 Å². The van der Waals surface area contributed by atoms with E-state index in [9.17, 15) is 0 Å².